The third-order valence-corrected chi connectivity index (χ3v) is 3.64. The van der Waals surface area contributed by atoms with E-state index in [1.165, 1.54) is 11.1 Å². The van der Waals surface area contributed by atoms with Gasteiger partial charge >= 0.3 is 0 Å². The predicted molar refractivity (Wildman–Crippen MR) is 86.0 cm³/mol. The fourth-order valence-electron chi connectivity index (χ4n) is 1.81. The molecule has 0 aliphatic rings. The molecular weight excluding hydrogens is 254 g/mol. The van der Waals surface area contributed by atoms with Crippen molar-refractivity contribution in [2.75, 3.05) is 6.61 Å². The van der Waals surface area contributed by atoms with Crippen LogP contribution in [0.25, 0.3) is 0 Å². The monoisotopic (exact) mass is 279 g/mol. The van der Waals surface area contributed by atoms with Crippen LogP contribution in [-0.2, 0) is 11.8 Å². The molecule has 2 N–H and O–H groups in total. The van der Waals surface area contributed by atoms with Crippen molar-refractivity contribution in [3.05, 3.63) is 29.3 Å². The molecule has 0 spiro atoms. The van der Waals surface area contributed by atoms with Crippen molar-refractivity contribution in [1.82, 2.24) is 0 Å². The Balaban J connectivity index is 2.97. The van der Waals surface area contributed by atoms with E-state index in [1.807, 2.05) is 6.92 Å². The molecule has 1 unspecified atom stereocenters. The molecule has 1 atom stereocenters. The van der Waals surface area contributed by atoms with Gasteiger partial charge in [-0.15, -0.1) is 0 Å². The molecule has 0 aromatic heterocycles. The van der Waals surface area contributed by atoms with Crippen LogP contribution in [0.2, 0.25) is 0 Å². The molecule has 1 aromatic carbocycles. The lowest BCUT2D eigenvalue weighted by atomic mass is 9.85. The summed E-state index contributed by atoms with van der Waals surface area (Å²) in [6.45, 7) is 11.3. The minimum Gasteiger partial charge on any atom is -0.493 e. The van der Waals surface area contributed by atoms with E-state index in [2.05, 4.69) is 45.9 Å². The minimum absolute atomic E-state index is 0.0625. The summed E-state index contributed by atoms with van der Waals surface area (Å²) in [5.74, 6) is 1.03. The van der Waals surface area contributed by atoms with Gasteiger partial charge in [0.1, 0.15) is 5.75 Å². The highest BCUT2D eigenvalue weighted by Crippen LogP contribution is 2.32. The first-order valence-electron chi connectivity index (χ1n) is 6.81. The molecule has 0 amide bonds. The van der Waals surface area contributed by atoms with Crippen LogP contribution in [0.5, 0.6) is 5.75 Å². The van der Waals surface area contributed by atoms with E-state index in [0.29, 0.717) is 11.6 Å². The molecule has 0 saturated heterocycles. The molecule has 0 heterocycles. The molecule has 1 aromatic rings. The number of thiocarbonyl (C=S) groups is 1. The minimum atomic E-state index is 0.0625. The average molecular weight is 279 g/mol. The van der Waals surface area contributed by atoms with Crippen LogP contribution in [0.3, 0.4) is 0 Å². The largest absolute Gasteiger partial charge is 0.493 e. The summed E-state index contributed by atoms with van der Waals surface area (Å²) in [5, 5.41) is 0. The van der Waals surface area contributed by atoms with E-state index in [1.54, 1.807) is 0 Å². The molecule has 0 saturated carbocycles. The summed E-state index contributed by atoms with van der Waals surface area (Å²) >= 11 is 4.98. The summed E-state index contributed by atoms with van der Waals surface area (Å²) in [6.07, 6.45) is 1.03. The number of rotatable bonds is 5. The first-order valence-corrected chi connectivity index (χ1v) is 7.22. The van der Waals surface area contributed by atoms with Gasteiger partial charge in [0.25, 0.3) is 0 Å². The van der Waals surface area contributed by atoms with Gasteiger partial charge in [-0.2, -0.15) is 0 Å². The highest BCUT2D eigenvalue weighted by atomic mass is 32.1. The van der Waals surface area contributed by atoms with Gasteiger partial charge in [-0.25, -0.2) is 0 Å². The average Bonchev–Trinajstić information content (AvgIpc) is 2.34. The Bertz CT molecular complexity index is 449. The lowest BCUT2D eigenvalue weighted by Crippen LogP contribution is -2.25. The first-order chi connectivity index (χ1) is 8.75. The highest BCUT2D eigenvalue weighted by Gasteiger charge is 2.20. The molecule has 0 bridgehead atoms. The van der Waals surface area contributed by atoms with Crippen molar-refractivity contribution >= 4 is 17.2 Å². The van der Waals surface area contributed by atoms with Gasteiger partial charge < -0.3 is 10.5 Å². The zero-order valence-electron chi connectivity index (χ0n) is 12.6. The van der Waals surface area contributed by atoms with E-state index in [-0.39, 0.29) is 11.3 Å². The second-order valence-corrected chi connectivity index (χ2v) is 6.52. The fourth-order valence-corrected chi connectivity index (χ4v) is 1.87. The van der Waals surface area contributed by atoms with Crippen LogP contribution in [0.1, 0.15) is 45.7 Å². The van der Waals surface area contributed by atoms with Gasteiger partial charge in [-0.05, 0) is 29.0 Å². The first kappa shape index (κ1) is 16.0. The van der Waals surface area contributed by atoms with Gasteiger partial charge in [0.05, 0.1) is 11.6 Å². The van der Waals surface area contributed by atoms with Gasteiger partial charge in [0.15, 0.2) is 0 Å². The van der Waals surface area contributed by atoms with Crippen molar-refractivity contribution in [3.63, 3.8) is 0 Å². The Morgan fingerprint density at radius 2 is 2.00 bits per heavy atom. The normalized spacial score (nSPS) is 13.1. The quantitative estimate of drug-likeness (QED) is 0.832. The molecule has 3 heteroatoms. The Hall–Kier alpha value is -1.09. The third kappa shape index (κ3) is 4.50. The van der Waals surface area contributed by atoms with Gasteiger partial charge in [0.2, 0.25) is 0 Å². The third-order valence-electron chi connectivity index (χ3n) is 3.23. The fraction of sp³-hybridized carbons (Fsp3) is 0.562. The number of hydrogen-bond donors (Lipinski definition) is 1. The summed E-state index contributed by atoms with van der Waals surface area (Å²) in [7, 11) is 0. The van der Waals surface area contributed by atoms with Crippen molar-refractivity contribution in [3.8, 4) is 5.75 Å². The molecule has 0 fully saturated rings. The van der Waals surface area contributed by atoms with E-state index >= 15 is 0 Å². The van der Waals surface area contributed by atoms with Crippen molar-refractivity contribution in [1.29, 1.82) is 0 Å². The maximum Gasteiger partial charge on any atom is 0.123 e. The molecule has 19 heavy (non-hydrogen) atoms. The van der Waals surface area contributed by atoms with Crippen LogP contribution in [0.15, 0.2) is 18.2 Å². The maximum absolute atomic E-state index is 5.92. The van der Waals surface area contributed by atoms with Gasteiger partial charge in [0, 0.05) is 5.92 Å². The second-order valence-electron chi connectivity index (χ2n) is 6.05. The summed E-state index contributed by atoms with van der Waals surface area (Å²) in [6, 6.07) is 6.42. The number of aryl methyl sites for hydroxylation is 1. The molecule has 0 aliphatic carbocycles. The predicted octanol–water partition coefficient (Wildman–Crippen LogP) is 3.85. The van der Waals surface area contributed by atoms with E-state index in [4.69, 9.17) is 22.7 Å². The summed E-state index contributed by atoms with van der Waals surface area (Å²) in [5.41, 5.74) is 8.25. The molecule has 0 radical (unpaired) electrons. The Morgan fingerprint density at radius 1 is 1.37 bits per heavy atom. The van der Waals surface area contributed by atoms with E-state index < -0.39 is 0 Å². The summed E-state index contributed by atoms with van der Waals surface area (Å²) in [4.78, 5) is 0.502. The zero-order chi connectivity index (χ0) is 14.6. The Morgan fingerprint density at radius 3 is 2.47 bits per heavy atom. The zero-order valence-corrected chi connectivity index (χ0v) is 13.4. The van der Waals surface area contributed by atoms with Crippen molar-refractivity contribution in [2.24, 2.45) is 11.7 Å². The van der Waals surface area contributed by atoms with E-state index in [0.717, 1.165) is 12.2 Å². The smallest absolute Gasteiger partial charge is 0.123 e. The molecule has 0 aliphatic heterocycles. The topological polar surface area (TPSA) is 35.2 Å². The van der Waals surface area contributed by atoms with Crippen LogP contribution in [0.4, 0.5) is 0 Å². The number of nitrogens with two attached hydrogens (primary N) is 1. The van der Waals surface area contributed by atoms with Gasteiger partial charge in [-0.1, -0.05) is 59.0 Å². The standard InChI is InChI=1S/C16H25NOS/c1-6-12-7-8-14(13(9-12)16(3,4)5)18-10-11(2)15(17)19/h7-9,11H,6,10H2,1-5H3,(H2,17,19). The Kier molecular flexibility index (Phi) is 5.36. The number of hydrogen-bond acceptors (Lipinski definition) is 2. The molecular formula is C16H25NOS. The molecule has 106 valence electrons. The molecule has 1 rings (SSSR count). The van der Waals surface area contributed by atoms with Gasteiger partial charge in [-0.3, -0.25) is 0 Å². The van der Waals surface area contributed by atoms with Crippen LogP contribution < -0.4 is 10.5 Å². The van der Waals surface area contributed by atoms with Crippen LogP contribution >= 0.6 is 12.2 Å². The molecule has 2 nitrogen and oxygen atoms in total. The van der Waals surface area contributed by atoms with Crippen LogP contribution in [-0.4, -0.2) is 11.6 Å². The van der Waals surface area contributed by atoms with E-state index in [9.17, 15) is 0 Å². The van der Waals surface area contributed by atoms with Crippen molar-refractivity contribution < 1.29 is 4.74 Å². The lowest BCUT2D eigenvalue weighted by molar-refractivity contribution is 0.286. The number of ether oxygens (including phenoxy) is 1. The van der Waals surface area contributed by atoms with Crippen LogP contribution in [0, 0.1) is 5.92 Å². The lowest BCUT2D eigenvalue weighted by Gasteiger charge is -2.24. The number of benzene rings is 1. The SMILES string of the molecule is CCc1ccc(OCC(C)C(N)=S)c(C(C)(C)C)c1. The van der Waals surface area contributed by atoms with Crippen molar-refractivity contribution in [2.45, 2.75) is 46.5 Å². The highest BCUT2D eigenvalue weighted by molar-refractivity contribution is 7.80. The Labute approximate surface area is 122 Å². The maximum atomic E-state index is 5.92. The summed E-state index contributed by atoms with van der Waals surface area (Å²) < 4.78 is 5.92. The second kappa shape index (κ2) is 6.38.